The maximum atomic E-state index is 5.04. The van der Waals surface area contributed by atoms with Crippen LogP contribution in [0.15, 0.2) is 6.20 Å². The molecule has 0 saturated heterocycles. The Kier molecular flexibility index (Phi) is 6.02. The zero-order valence-electron chi connectivity index (χ0n) is 13.8. The van der Waals surface area contributed by atoms with Gasteiger partial charge in [-0.2, -0.15) is 0 Å². The highest BCUT2D eigenvalue weighted by Crippen LogP contribution is 2.38. The molecule has 1 saturated carbocycles. The number of nitrogens with zero attached hydrogens (tertiary/aromatic N) is 2. The van der Waals surface area contributed by atoms with Gasteiger partial charge in [0.05, 0.1) is 6.61 Å². The van der Waals surface area contributed by atoms with Crippen LogP contribution in [0.5, 0.6) is 0 Å². The quantitative estimate of drug-likeness (QED) is 0.784. The molecule has 0 unspecified atom stereocenters. The van der Waals surface area contributed by atoms with E-state index in [4.69, 9.17) is 4.74 Å². The Morgan fingerprint density at radius 3 is 2.81 bits per heavy atom. The third kappa shape index (κ3) is 4.94. The van der Waals surface area contributed by atoms with E-state index < -0.39 is 0 Å². The second-order valence-electron chi connectivity index (χ2n) is 6.79. The van der Waals surface area contributed by atoms with Gasteiger partial charge >= 0.3 is 0 Å². The van der Waals surface area contributed by atoms with E-state index >= 15 is 0 Å². The summed E-state index contributed by atoms with van der Waals surface area (Å²) in [6, 6.07) is 0.651. The van der Waals surface area contributed by atoms with Gasteiger partial charge in [-0.25, -0.2) is 4.98 Å². The zero-order chi connectivity index (χ0) is 15.3. The lowest BCUT2D eigenvalue weighted by Crippen LogP contribution is -2.37. The highest BCUT2D eigenvalue weighted by Gasteiger charge is 2.29. The molecule has 0 spiro atoms. The van der Waals surface area contributed by atoms with Gasteiger partial charge in [-0.1, -0.05) is 13.8 Å². The van der Waals surface area contributed by atoms with Crippen molar-refractivity contribution in [1.29, 1.82) is 0 Å². The summed E-state index contributed by atoms with van der Waals surface area (Å²) in [4.78, 5) is 8.28. The lowest BCUT2D eigenvalue weighted by molar-refractivity contribution is 0.199. The molecule has 1 aliphatic carbocycles. The molecule has 120 valence electrons. The van der Waals surface area contributed by atoms with Crippen molar-refractivity contribution in [3.8, 4) is 0 Å². The normalized spacial score (nSPS) is 18.9. The van der Waals surface area contributed by atoms with E-state index in [-0.39, 0.29) is 0 Å². The molecule has 0 bridgehead atoms. The summed E-state index contributed by atoms with van der Waals surface area (Å²) in [7, 11) is 3.93. The minimum Gasteiger partial charge on any atom is -0.383 e. The van der Waals surface area contributed by atoms with Crippen LogP contribution < -0.4 is 10.2 Å². The molecule has 1 fully saturated rings. The number of hydrogen-bond acceptors (Lipinski definition) is 5. The summed E-state index contributed by atoms with van der Waals surface area (Å²) >= 11 is 1.80. The van der Waals surface area contributed by atoms with Crippen molar-refractivity contribution in [1.82, 2.24) is 10.3 Å². The number of anilines is 1. The molecule has 1 N–H and O–H groups in total. The van der Waals surface area contributed by atoms with Gasteiger partial charge in [0, 0.05) is 44.4 Å². The summed E-state index contributed by atoms with van der Waals surface area (Å²) in [5.41, 5.74) is 0.524. The van der Waals surface area contributed by atoms with Crippen molar-refractivity contribution < 1.29 is 4.74 Å². The molecule has 1 heterocycles. The average molecular weight is 311 g/mol. The zero-order valence-corrected chi connectivity index (χ0v) is 14.6. The Morgan fingerprint density at radius 2 is 2.14 bits per heavy atom. The second kappa shape index (κ2) is 7.56. The molecule has 21 heavy (non-hydrogen) atoms. The number of nitrogens with one attached hydrogen (secondary N) is 1. The van der Waals surface area contributed by atoms with Crippen LogP contribution in [-0.2, 0) is 11.3 Å². The van der Waals surface area contributed by atoms with Crippen LogP contribution in [0.4, 0.5) is 5.13 Å². The maximum Gasteiger partial charge on any atom is 0.185 e. The number of hydrogen-bond donors (Lipinski definition) is 1. The van der Waals surface area contributed by atoms with Gasteiger partial charge in [0.1, 0.15) is 0 Å². The first-order chi connectivity index (χ1) is 10.0. The first kappa shape index (κ1) is 16.7. The Balaban J connectivity index is 1.83. The van der Waals surface area contributed by atoms with Crippen LogP contribution in [-0.4, -0.2) is 38.3 Å². The van der Waals surface area contributed by atoms with Crippen molar-refractivity contribution in [2.45, 2.75) is 52.1 Å². The predicted molar refractivity (Wildman–Crippen MR) is 90.1 cm³/mol. The van der Waals surface area contributed by atoms with Gasteiger partial charge in [-0.05, 0) is 31.1 Å². The van der Waals surface area contributed by atoms with E-state index in [9.17, 15) is 0 Å². The molecule has 1 aliphatic rings. The van der Waals surface area contributed by atoms with Gasteiger partial charge in [0.25, 0.3) is 0 Å². The molecule has 0 aliphatic heterocycles. The van der Waals surface area contributed by atoms with Crippen LogP contribution in [0.25, 0.3) is 0 Å². The molecule has 1 aromatic heterocycles. The van der Waals surface area contributed by atoms with E-state index in [1.807, 2.05) is 6.20 Å². The molecular weight excluding hydrogens is 282 g/mol. The molecule has 0 atom stereocenters. The molecule has 0 amide bonds. The Morgan fingerprint density at radius 1 is 1.43 bits per heavy atom. The van der Waals surface area contributed by atoms with Crippen LogP contribution in [0.1, 0.15) is 44.4 Å². The van der Waals surface area contributed by atoms with Crippen molar-refractivity contribution >= 4 is 16.5 Å². The molecule has 0 aromatic carbocycles. The summed E-state index contributed by atoms with van der Waals surface area (Å²) in [5.74, 6) is 0. The fraction of sp³-hybridized carbons (Fsp3) is 0.812. The molecule has 4 nitrogen and oxygen atoms in total. The van der Waals surface area contributed by atoms with Crippen molar-refractivity contribution in [3.05, 3.63) is 11.1 Å². The van der Waals surface area contributed by atoms with E-state index in [2.05, 4.69) is 36.1 Å². The van der Waals surface area contributed by atoms with E-state index in [1.165, 1.54) is 30.6 Å². The SMILES string of the molecule is COCCNCc1cnc(N(C)C2CCC(C)(C)CC2)s1. The Labute approximate surface area is 132 Å². The number of thiazole rings is 1. The molecule has 5 heteroatoms. The summed E-state index contributed by atoms with van der Waals surface area (Å²) in [5, 5.41) is 4.53. The number of aromatic nitrogens is 1. The highest BCUT2D eigenvalue weighted by molar-refractivity contribution is 7.15. The first-order valence-corrected chi connectivity index (χ1v) is 8.71. The van der Waals surface area contributed by atoms with Crippen LogP contribution in [0, 0.1) is 5.41 Å². The average Bonchev–Trinajstić information content (AvgIpc) is 2.92. The van der Waals surface area contributed by atoms with Crippen molar-refractivity contribution in [2.75, 3.05) is 32.2 Å². The lowest BCUT2D eigenvalue weighted by Gasteiger charge is -2.38. The Bertz CT molecular complexity index is 423. The van der Waals surface area contributed by atoms with Crippen molar-refractivity contribution in [2.24, 2.45) is 5.41 Å². The Hall–Kier alpha value is -0.650. The third-order valence-corrected chi connectivity index (χ3v) is 5.57. The minimum atomic E-state index is 0.524. The van der Waals surface area contributed by atoms with Gasteiger partial charge < -0.3 is 15.0 Å². The summed E-state index contributed by atoms with van der Waals surface area (Å²) in [6.07, 6.45) is 7.20. The number of methoxy groups -OCH3 is 1. The molecule has 2 rings (SSSR count). The molecule has 1 aromatic rings. The maximum absolute atomic E-state index is 5.04. The number of rotatable bonds is 7. The van der Waals surface area contributed by atoms with Crippen LogP contribution in [0.3, 0.4) is 0 Å². The fourth-order valence-corrected chi connectivity index (χ4v) is 3.77. The van der Waals surface area contributed by atoms with Gasteiger partial charge in [0.2, 0.25) is 0 Å². The monoisotopic (exact) mass is 311 g/mol. The minimum absolute atomic E-state index is 0.524. The molecular formula is C16H29N3OS. The van der Waals surface area contributed by atoms with Gasteiger partial charge in [0.15, 0.2) is 5.13 Å². The highest BCUT2D eigenvalue weighted by atomic mass is 32.1. The summed E-state index contributed by atoms with van der Waals surface area (Å²) < 4.78 is 5.04. The van der Waals surface area contributed by atoms with Crippen LogP contribution in [0.2, 0.25) is 0 Å². The largest absolute Gasteiger partial charge is 0.383 e. The predicted octanol–water partition coefficient (Wildman–Crippen LogP) is 3.28. The first-order valence-electron chi connectivity index (χ1n) is 7.89. The van der Waals surface area contributed by atoms with E-state index in [0.717, 1.165) is 24.8 Å². The van der Waals surface area contributed by atoms with E-state index in [0.29, 0.717) is 11.5 Å². The topological polar surface area (TPSA) is 37.4 Å². The standard InChI is InChI=1S/C16H29N3OS/c1-16(2)7-5-13(6-8-16)19(3)15-18-12-14(21-15)11-17-9-10-20-4/h12-13,17H,5-11H2,1-4H3. The summed E-state index contributed by atoms with van der Waals surface area (Å²) in [6.45, 7) is 7.29. The van der Waals surface area contributed by atoms with E-state index in [1.54, 1.807) is 18.4 Å². The molecule has 0 radical (unpaired) electrons. The third-order valence-electron chi connectivity index (χ3n) is 4.48. The smallest absolute Gasteiger partial charge is 0.185 e. The van der Waals surface area contributed by atoms with Crippen LogP contribution >= 0.6 is 11.3 Å². The van der Waals surface area contributed by atoms with Gasteiger partial charge in [-0.3, -0.25) is 0 Å². The fourth-order valence-electron chi connectivity index (χ4n) is 2.86. The lowest BCUT2D eigenvalue weighted by atomic mass is 9.75. The second-order valence-corrected chi connectivity index (χ2v) is 7.88. The van der Waals surface area contributed by atoms with Crippen molar-refractivity contribution in [3.63, 3.8) is 0 Å². The van der Waals surface area contributed by atoms with Gasteiger partial charge in [-0.15, -0.1) is 11.3 Å². The number of ether oxygens (including phenoxy) is 1.